The maximum absolute atomic E-state index is 13.4. The number of nitrogens with two attached hydrogens (primary N) is 1. The van der Waals surface area contributed by atoms with Crippen LogP contribution in [-0.4, -0.2) is 24.2 Å². The Kier molecular flexibility index (Phi) is 3.82. The third kappa shape index (κ3) is 2.72. The van der Waals surface area contributed by atoms with Gasteiger partial charge in [0.1, 0.15) is 0 Å². The highest BCUT2D eigenvalue weighted by Gasteiger charge is 2.54. The Morgan fingerprint density at radius 2 is 1.64 bits per heavy atom. The minimum atomic E-state index is -4.75. The zero-order valence-electron chi connectivity index (χ0n) is 12.7. The average Bonchev–Trinajstić information content (AvgIpc) is 2.56. The van der Waals surface area contributed by atoms with Gasteiger partial charge in [-0.15, -0.1) is 0 Å². The fraction of sp³-hybridized carbons (Fsp3) is 0.500. The van der Waals surface area contributed by atoms with Gasteiger partial charge in [0, 0.05) is 0 Å². The fourth-order valence-electron chi connectivity index (χ4n) is 2.26. The molecule has 0 aliphatic carbocycles. The van der Waals surface area contributed by atoms with E-state index in [1.165, 1.54) is 12.1 Å². The van der Waals surface area contributed by atoms with E-state index in [1.54, 1.807) is 27.7 Å². The van der Waals surface area contributed by atoms with Crippen LogP contribution in [0.5, 0.6) is 0 Å². The summed E-state index contributed by atoms with van der Waals surface area (Å²) in [6.45, 7) is 6.94. The Hall–Kier alpha value is -1.54. The van der Waals surface area contributed by atoms with Crippen molar-refractivity contribution < 1.29 is 27.3 Å². The molecular weight excluding hydrogens is 298 g/mol. The van der Waals surface area contributed by atoms with Crippen molar-refractivity contribution in [3.63, 3.8) is 0 Å². The zero-order chi connectivity index (χ0) is 16.9. The van der Waals surface area contributed by atoms with E-state index in [0.29, 0.717) is 0 Å². The molecule has 1 aromatic carbocycles. The highest BCUT2D eigenvalue weighted by atomic mass is 19.4. The SMILES string of the molecule is CC1(C)OB(c2cccc(C(N)=O)c2C(F)(F)F)OC1(C)C. The van der Waals surface area contributed by atoms with E-state index in [1.807, 2.05) is 0 Å². The van der Waals surface area contributed by atoms with Crippen LogP contribution < -0.4 is 11.2 Å². The van der Waals surface area contributed by atoms with Crippen molar-refractivity contribution in [3.8, 4) is 0 Å². The molecule has 1 amide bonds. The smallest absolute Gasteiger partial charge is 0.399 e. The van der Waals surface area contributed by atoms with E-state index >= 15 is 0 Å². The molecule has 0 atom stereocenters. The van der Waals surface area contributed by atoms with E-state index in [4.69, 9.17) is 15.0 Å². The van der Waals surface area contributed by atoms with Gasteiger partial charge in [-0.1, -0.05) is 12.1 Å². The average molecular weight is 315 g/mol. The van der Waals surface area contributed by atoms with Crippen LogP contribution >= 0.6 is 0 Å². The van der Waals surface area contributed by atoms with Crippen molar-refractivity contribution >= 4 is 18.5 Å². The number of amides is 1. The molecule has 120 valence electrons. The molecule has 1 aliphatic heterocycles. The summed E-state index contributed by atoms with van der Waals surface area (Å²) < 4.78 is 51.5. The van der Waals surface area contributed by atoms with Crippen molar-refractivity contribution in [2.75, 3.05) is 0 Å². The van der Waals surface area contributed by atoms with Crippen LogP contribution in [0.1, 0.15) is 43.6 Å². The van der Waals surface area contributed by atoms with Crippen LogP contribution in [0.25, 0.3) is 0 Å². The number of hydrogen-bond donors (Lipinski definition) is 1. The third-order valence-corrected chi connectivity index (χ3v) is 4.15. The largest absolute Gasteiger partial charge is 0.495 e. The van der Waals surface area contributed by atoms with Gasteiger partial charge in [-0.05, 0) is 39.2 Å². The highest BCUT2D eigenvalue weighted by molar-refractivity contribution is 6.62. The van der Waals surface area contributed by atoms with Crippen molar-refractivity contribution in [1.29, 1.82) is 0 Å². The zero-order valence-corrected chi connectivity index (χ0v) is 12.7. The standard InChI is InChI=1S/C14H17BF3NO3/c1-12(2)13(3,4)22-15(21-12)9-7-5-6-8(11(19)20)10(9)14(16,17)18/h5-7H,1-4H3,(H2,19,20). The summed E-state index contributed by atoms with van der Waals surface area (Å²) >= 11 is 0. The van der Waals surface area contributed by atoms with Crippen LogP contribution in [0.2, 0.25) is 0 Å². The molecule has 4 nitrogen and oxygen atoms in total. The molecule has 2 rings (SSSR count). The summed E-state index contributed by atoms with van der Waals surface area (Å²) in [7, 11) is -1.22. The van der Waals surface area contributed by atoms with Crippen LogP contribution in [0, 0.1) is 0 Å². The van der Waals surface area contributed by atoms with Gasteiger partial charge in [-0.3, -0.25) is 4.79 Å². The second-order valence-electron chi connectivity index (χ2n) is 6.22. The quantitative estimate of drug-likeness (QED) is 0.850. The lowest BCUT2D eigenvalue weighted by molar-refractivity contribution is -0.137. The van der Waals surface area contributed by atoms with E-state index in [9.17, 15) is 18.0 Å². The number of hydrogen-bond acceptors (Lipinski definition) is 3. The molecule has 0 radical (unpaired) electrons. The summed E-state index contributed by atoms with van der Waals surface area (Å²) in [4.78, 5) is 11.3. The molecule has 22 heavy (non-hydrogen) atoms. The summed E-state index contributed by atoms with van der Waals surface area (Å²) in [6, 6.07) is 3.60. The van der Waals surface area contributed by atoms with Crippen molar-refractivity contribution in [1.82, 2.24) is 0 Å². The van der Waals surface area contributed by atoms with Gasteiger partial charge in [-0.25, -0.2) is 0 Å². The number of benzene rings is 1. The predicted molar refractivity (Wildman–Crippen MR) is 75.7 cm³/mol. The molecule has 0 bridgehead atoms. The van der Waals surface area contributed by atoms with E-state index in [-0.39, 0.29) is 5.46 Å². The van der Waals surface area contributed by atoms with Crippen molar-refractivity contribution in [2.45, 2.75) is 45.1 Å². The lowest BCUT2D eigenvalue weighted by Crippen LogP contribution is -2.41. The molecule has 1 heterocycles. The molecule has 8 heteroatoms. The number of carbonyl (C=O) groups excluding carboxylic acids is 1. The molecule has 1 aromatic rings. The van der Waals surface area contributed by atoms with Gasteiger partial charge in [0.15, 0.2) is 0 Å². The molecule has 0 unspecified atom stereocenters. The monoisotopic (exact) mass is 315 g/mol. The maximum Gasteiger partial charge on any atom is 0.495 e. The predicted octanol–water partition coefficient (Wildman–Crippen LogP) is 2.10. The van der Waals surface area contributed by atoms with Gasteiger partial charge in [0.2, 0.25) is 5.91 Å². The van der Waals surface area contributed by atoms with E-state index < -0.39 is 41.5 Å². The second kappa shape index (κ2) is 4.99. The van der Waals surface area contributed by atoms with Crippen LogP contribution in [0.3, 0.4) is 0 Å². The summed E-state index contributed by atoms with van der Waals surface area (Å²) in [6.07, 6.45) is -4.75. The minimum Gasteiger partial charge on any atom is -0.399 e. The lowest BCUT2D eigenvalue weighted by Gasteiger charge is -2.32. The first-order valence-corrected chi connectivity index (χ1v) is 6.72. The minimum absolute atomic E-state index is 0.248. The number of carbonyl (C=O) groups is 1. The molecule has 1 aliphatic rings. The number of halogens is 3. The van der Waals surface area contributed by atoms with Gasteiger partial charge < -0.3 is 15.0 Å². The topological polar surface area (TPSA) is 61.5 Å². The molecule has 0 spiro atoms. The van der Waals surface area contributed by atoms with Crippen molar-refractivity contribution in [2.24, 2.45) is 5.73 Å². The molecule has 1 saturated heterocycles. The van der Waals surface area contributed by atoms with Crippen LogP contribution in [0.4, 0.5) is 13.2 Å². The van der Waals surface area contributed by atoms with Crippen LogP contribution in [0.15, 0.2) is 18.2 Å². The summed E-state index contributed by atoms with van der Waals surface area (Å²) in [5.74, 6) is -1.15. The normalized spacial score (nSPS) is 20.2. The lowest BCUT2D eigenvalue weighted by atomic mass is 9.74. The highest BCUT2D eigenvalue weighted by Crippen LogP contribution is 2.38. The number of rotatable bonds is 2. The van der Waals surface area contributed by atoms with Crippen LogP contribution in [-0.2, 0) is 15.5 Å². The van der Waals surface area contributed by atoms with E-state index in [0.717, 1.165) is 6.07 Å². The number of primary amides is 1. The first kappa shape index (κ1) is 16.8. The first-order chi connectivity index (χ1) is 9.87. The van der Waals surface area contributed by atoms with Crippen molar-refractivity contribution in [3.05, 3.63) is 29.3 Å². The van der Waals surface area contributed by atoms with Gasteiger partial charge in [-0.2, -0.15) is 13.2 Å². The number of alkyl halides is 3. The second-order valence-corrected chi connectivity index (χ2v) is 6.22. The summed E-state index contributed by atoms with van der Waals surface area (Å²) in [5.41, 5.74) is 1.53. The Bertz CT molecular complexity index is 598. The molecule has 0 aromatic heterocycles. The summed E-state index contributed by atoms with van der Waals surface area (Å²) in [5, 5.41) is 0. The fourth-order valence-corrected chi connectivity index (χ4v) is 2.26. The van der Waals surface area contributed by atoms with Gasteiger partial charge in [0.25, 0.3) is 0 Å². The Balaban J connectivity index is 2.58. The third-order valence-electron chi connectivity index (χ3n) is 4.15. The van der Waals surface area contributed by atoms with E-state index in [2.05, 4.69) is 0 Å². The Morgan fingerprint density at radius 1 is 1.14 bits per heavy atom. The maximum atomic E-state index is 13.4. The molecule has 2 N–H and O–H groups in total. The Morgan fingerprint density at radius 3 is 2.05 bits per heavy atom. The molecule has 0 saturated carbocycles. The molecule has 1 fully saturated rings. The molecular formula is C14H17BF3NO3. The first-order valence-electron chi connectivity index (χ1n) is 6.72. The van der Waals surface area contributed by atoms with Gasteiger partial charge >= 0.3 is 13.3 Å². The van der Waals surface area contributed by atoms with Gasteiger partial charge in [0.05, 0.1) is 22.3 Å². The Labute approximate surface area is 126 Å².